The Morgan fingerprint density at radius 1 is 1.20 bits per heavy atom. The summed E-state index contributed by atoms with van der Waals surface area (Å²) in [7, 11) is 1.72. The van der Waals surface area contributed by atoms with Crippen LogP contribution in [0.15, 0.2) is 40.7 Å². The summed E-state index contributed by atoms with van der Waals surface area (Å²) in [6.45, 7) is 3.19. The highest BCUT2D eigenvalue weighted by molar-refractivity contribution is 7.09. The molecule has 1 heterocycles. The highest BCUT2D eigenvalue weighted by Crippen LogP contribution is 2.22. The summed E-state index contributed by atoms with van der Waals surface area (Å²) in [6, 6.07) is 9.64. The van der Waals surface area contributed by atoms with Gasteiger partial charge in [0.25, 0.3) is 0 Å². The Labute approximate surface area is 157 Å². The van der Waals surface area contributed by atoms with Crippen LogP contribution < -0.4 is 16.0 Å². The minimum absolute atomic E-state index is 0.0631. The molecule has 3 N–H and O–H groups in total. The molecule has 2 rings (SSSR count). The lowest BCUT2D eigenvalue weighted by Crippen LogP contribution is -2.39. The van der Waals surface area contributed by atoms with E-state index in [-0.39, 0.29) is 5.91 Å². The number of guanidine groups is 1. The van der Waals surface area contributed by atoms with Crippen molar-refractivity contribution in [2.24, 2.45) is 4.99 Å². The van der Waals surface area contributed by atoms with Gasteiger partial charge in [0.05, 0.1) is 0 Å². The van der Waals surface area contributed by atoms with Crippen LogP contribution in [0.5, 0.6) is 0 Å². The Morgan fingerprint density at radius 3 is 2.72 bits per heavy atom. The molecule has 1 aromatic heterocycles. The Balaban J connectivity index is 1.69. The molecular formula is C18H23ClN4OS. The lowest BCUT2D eigenvalue weighted by Gasteiger charge is -2.12. The van der Waals surface area contributed by atoms with Crippen molar-refractivity contribution in [3.05, 3.63) is 51.2 Å². The minimum atomic E-state index is -0.0631. The Morgan fingerprint density at radius 2 is 2.00 bits per heavy atom. The Bertz CT molecular complexity index is 716. The van der Waals surface area contributed by atoms with Gasteiger partial charge in [0.15, 0.2) is 5.96 Å². The average Bonchev–Trinajstić information content (AvgIpc) is 3.11. The summed E-state index contributed by atoms with van der Waals surface area (Å²) in [4.78, 5) is 17.6. The van der Waals surface area contributed by atoms with Gasteiger partial charge in [-0.1, -0.05) is 23.7 Å². The van der Waals surface area contributed by atoms with Gasteiger partial charge in [-0.3, -0.25) is 9.79 Å². The zero-order chi connectivity index (χ0) is 18.1. The first kappa shape index (κ1) is 19.3. The fraction of sp³-hybridized carbons (Fsp3) is 0.333. The number of amides is 1. The summed E-state index contributed by atoms with van der Waals surface area (Å²) in [5, 5.41) is 12.0. The van der Waals surface area contributed by atoms with Gasteiger partial charge in [0, 0.05) is 42.1 Å². The summed E-state index contributed by atoms with van der Waals surface area (Å²) in [6.07, 6.45) is 1.30. The third-order valence-electron chi connectivity index (χ3n) is 3.65. The van der Waals surface area contributed by atoms with E-state index >= 15 is 0 Å². The first-order valence-electron chi connectivity index (χ1n) is 8.12. The standard InChI is InChI=1S/C18H23ClN4OS/c1-13-15(19)6-3-7-16(13)23-17(24)9-11-22-18(20-2)21-10-8-14-5-4-12-25-14/h3-7,12H,8-11H2,1-2H3,(H,23,24)(H2,20,21,22). The van der Waals surface area contributed by atoms with Crippen LogP contribution in [0.2, 0.25) is 5.02 Å². The summed E-state index contributed by atoms with van der Waals surface area (Å²) in [5.74, 6) is 0.634. The predicted octanol–water partition coefficient (Wildman–Crippen LogP) is 3.45. The maximum Gasteiger partial charge on any atom is 0.226 e. The largest absolute Gasteiger partial charge is 0.356 e. The molecule has 0 aliphatic carbocycles. The molecule has 134 valence electrons. The molecule has 0 unspecified atom stereocenters. The first-order chi connectivity index (χ1) is 12.1. The molecule has 1 aromatic carbocycles. The smallest absolute Gasteiger partial charge is 0.226 e. The van der Waals surface area contributed by atoms with Crippen LogP contribution in [-0.2, 0) is 11.2 Å². The summed E-state index contributed by atoms with van der Waals surface area (Å²) >= 11 is 7.80. The number of benzene rings is 1. The number of hydrogen-bond donors (Lipinski definition) is 3. The minimum Gasteiger partial charge on any atom is -0.356 e. The van der Waals surface area contributed by atoms with E-state index in [1.54, 1.807) is 24.5 Å². The van der Waals surface area contributed by atoms with Crippen LogP contribution in [0.3, 0.4) is 0 Å². The van der Waals surface area contributed by atoms with Gasteiger partial charge >= 0.3 is 0 Å². The van der Waals surface area contributed by atoms with Gasteiger partial charge in [-0.25, -0.2) is 0 Å². The van der Waals surface area contributed by atoms with E-state index in [4.69, 9.17) is 11.6 Å². The maximum atomic E-state index is 12.1. The molecule has 2 aromatic rings. The van der Waals surface area contributed by atoms with Crippen molar-refractivity contribution in [2.45, 2.75) is 19.8 Å². The highest BCUT2D eigenvalue weighted by Gasteiger charge is 2.07. The molecule has 0 saturated carbocycles. The van der Waals surface area contributed by atoms with Crippen LogP contribution in [0, 0.1) is 6.92 Å². The second-order valence-electron chi connectivity index (χ2n) is 5.47. The Hall–Kier alpha value is -2.05. The van der Waals surface area contributed by atoms with Crippen molar-refractivity contribution in [3.63, 3.8) is 0 Å². The van der Waals surface area contributed by atoms with Crippen LogP contribution in [-0.4, -0.2) is 32.0 Å². The molecule has 1 amide bonds. The quantitative estimate of drug-likeness (QED) is 0.510. The topological polar surface area (TPSA) is 65.5 Å². The molecule has 0 bridgehead atoms. The van der Waals surface area contributed by atoms with Crippen molar-refractivity contribution < 1.29 is 4.79 Å². The number of thiophene rings is 1. The van der Waals surface area contributed by atoms with Gasteiger partial charge in [0.1, 0.15) is 0 Å². The molecule has 0 aliphatic rings. The SMILES string of the molecule is CN=C(NCCC(=O)Nc1cccc(Cl)c1C)NCCc1cccs1. The second-order valence-corrected chi connectivity index (χ2v) is 6.91. The lowest BCUT2D eigenvalue weighted by molar-refractivity contribution is -0.116. The number of halogens is 1. The van der Waals surface area contributed by atoms with E-state index in [1.165, 1.54) is 4.88 Å². The third kappa shape index (κ3) is 6.40. The maximum absolute atomic E-state index is 12.1. The molecule has 5 nitrogen and oxygen atoms in total. The third-order valence-corrected chi connectivity index (χ3v) is 5.00. The second kappa shape index (κ2) is 10.1. The fourth-order valence-electron chi connectivity index (χ4n) is 2.23. The number of nitrogens with zero attached hydrogens (tertiary/aromatic N) is 1. The van der Waals surface area contributed by atoms with Crippen LogP contribution >= 0.6 is 22.9 Å². The van der Waals surface area contributed by atoms with Crippen molar-refractivity contribution in [1.29, 1.82) is 0 Å². The number of carbonyl (C=O) groups excluding carboxylic acids is 1. The predicted molar refractivity (Wildman–Crippen MR) is 107 cm³/mol. The number of rotatable bonds is 7. The van der Waals surface area contributed by atoms with E-state index in [0.29, 0.717) is 23.9 Å². The van der Waals surface area contributed by atoms with E-state index in [9.17, 15) is 4.79 Å². The fourth-order valence-corrected chi connectivity index (χ4v) is 3.11. The van der Waals surface area contributed by atoms with E-state index in [2.05, 4.69) is 32.4 Å². The zero-order valence-electron chi connectivity index (χ0n) is 14.4. The molecule has 0 spiro atoms. The molecule has 0 atom stereocenters. The Kier molecular flexibility index (Phi) is 7.76. The van der Waals surface area contributed by atoms with E-state index in [0.717, 1.165) is 24.2 Å². The monoisotopic (exact) mass is 378 g/mol. The van der Waals surface area contributed by atoms with Gasteiger partial charge < -0.3 is 16.0 Å². The number of carbonyl (C=O) groups is 1. The van der Waals surface area contributed by atoms with Crippen molar-refractivity contribution in [2.75, 3.05) is 25.5 Å². The van der Waals surface area contributed by atoms with Crippen LogP contribution in [0.4, 0.5) is 5.69 Å². The number of anilines is 1. The van der Waals surface area contributed by atoms with Gasteiger partial charge in [0.2, 0.25) is 5.91 Å². The normalized spacial score (nSPS) is 11.2. The average molecular weight is 379 g/mol. The van der Waals surface area contributed by atoms with Crippen LogP contribution in [0.25, 0.3) is 0 Å². The van der Waals surface area contributed by atoms with Gasteiger partial charge in [-0.05, 0) is 42.5 Å². The van der Waals surface area contributed by atoms with Crippen LogP contribution in [0.1, 0.15) is 16.9 Å². The van der Waals surface area contributed by atoms with E-state index < -0.39 is 0 Å². The highest BCUT2D eigenvalue weighted by atomic mass is 35.5. The lowest BCUT2D eigenvalue weighted by atomic mass is 10.2. The van der Waals surface area contributed by atoms with Gasteiger partial charge in [-0.15, -0.1) is 11.3 Å². The number of hydrogen-bond acceptors (Lipinski definition) is 3. The number of nitrogens with one attached hydrogen (secondary N) is 3. The van der Waals surface area contributed by atoms with Crippen molar-refractivity contribution in [3.8, 4) is 0 Å². The molecule has 7 heteroatoms. The molecular weight excluding hydrogens is 356 g/mol. The molecule has 0 fully saturated rings. The van der Waals surface area contributed by atoms with Crippen molar-refractivity contribution >= 4 is 40.5 Å². The summed E-state index contributed by atoms with van der Waals surface area (Å²) < 4.78 is 0. The van der Waals surface area contributed by atoms with Gasteiger partial charge in [-0.2, -0.15) is 0 Å². The molecule has 0 radical (unpaired) electrons. The summed E-state index contributed by atoms with van der Waals surface area (Å²) in [5.41, 5.74) is 1.62. The molecule has 0 saturated heterocycles. The number of aliphatic imine (C=N–C) groups is 1. The molecule has 25 heavy (non-hydrogen) atoms. The first-order valence-corrected chi connectivity index (χ1v) is 9.37. The molecule has 0 aliphatic heterocycles. The van der Waals surface area contributed by atoms with E-state index in [1.807, 2.05) is 25.1 Å². The zero-order valence-corrected chi connectivity index (χ0v) is 16.0. The van der Waals surface area contributed by atoms with Crippen molar-refractivity contribution in [1.82, 2.24) is 10.6 Å².